The van der Waals surface area contributed by atoms with Crippen molar-refractivity contribution in [3.05, 3.63) is 34.9 Å². The van der Waals surface area contributed by atoms with Gasteiger partial charge in [0.05, 0.1) is 6.04 Å². The maximum Gasteiger partial charge on any atom is 0.127 e. The largest absolute Gasteiger partial charge is 0.324 e. The van der Waals surface area contributed by atoms with Crippen molar-refractivity contribution in [1.29, 1.82) is 0 Å². The van der Waals surface area contributed by atoms with Crippen LogP contribution >= 0.6 is 23.4 Å². The molecule has 3 aliphatic rings. The van der Waals surface area contributed by atoms with Crippen LogP contribution in [0.5, 0.6) is 0 Å². The number of fused-ring (bicyclic) bond motifs is 1. The van der Waals surface area contributed by atoms with Crippen LogP contribution in [0.3, 0.4) is 0 Å². The molecule has 1 aromatic carbocycles. The maximum absolute atomic E-state index is 6.46. The Morgan fingerprint density at radius 2 is 2.12 bits per heavy atom. The predicted molar refractivity (Wildman–Crippen MR) is 100 cm³/mol. The number of hydrogen-bond acceptors (Lipinski definition) is 6. The fourth-order valence-electron chi connectivity index (χ4n) is 4.23. The summed E-state index contributed by atoms with van der Waals surface area (Å²) in [5, 5.41) is 3.23. The summed E-state index contributed by atoms with van der Waals surface area (Å²) in [6, 6.07) is 8.84. The van der Waals surface area contributed by atoms with E-state index in [1.54, 1.807) is 0 Å². The Bertz CT molecular complexity index is 609. The average molecular weight is 368 g/mol. The summed E-state index contributed by atoms with van der Waals surface area (Å²) in [6.07, 6.45) is 1.06. The lowest BCUT2D eigenvalue weighted by Crippen LogP contribution is -2.49. The molecule has 4 rings (SSSR count). The first kappa shape index (κ1) is 17.1. The van der Waals surface area contributed by atoms with E-state index in [-0.39, 0.29) is 5.54 Å². The molecule has 5 nitrogen and oxygen atoms in total. The van der Waals surface area contributed by atoms with Crippen LogP contribution < -0.4 is 11.2 Å². The number of nitrogens with two attached hydrogens (primary N) is 1. The lowest BCUT2D eigenvalue weighted by molar-refractivity contribution is 0.115. The Labute approximate surface area is 153 Å². The summed E-state index contributed by atoms with van der Waals surface area (Å²) >= 11 is 8.42. The van der Waals surface area contributed by atoms with Crippen LogP contribution in [0, 0.1) is 0 Å². The molecule has 3 N–H and O–H groups in total. The average Bonchev–Trinajstić information content (AvgIpc) is 3.17. The second kappa shape index (κ2) is 6.13. The molecule has 0 radical (unpaired) electrons. The fraction of sp³-hybridized carbons (Fsp3) is 0.647. The van der Waals surface area contributed by atoms with Crippen molar-refractivity contribution in [2.75, 3.05) is 20.1 Å². The summed E-state index contributed by atoms with van der Waals surface area (Å²) < 4.78 is 0. The number of likely N-dealkylation sites (N-methyl/N-ethyl adjacent to an activating group) is 1. The molecular weight excluding hydrogens is 342 g/mol. The summed E-state index contributed by atoms with van der Waals surface area (Å²) in [5.74, 6) is 0. The number of halogens is 1. The van der Waals surface area contributed by atoms with Crippen molar-refractivity contribution in [2.24, 2.45) is 5.73 Å². The highest BCUT2D eigenvalue weighted by atomic mass is 35.5. The van der Waals surface area contributed by atoms with Crippen molar-refractivity contribution >= 4 is 23.4 Å². The molecule has 3 aliphatic heterocycles. The first-order valence-electron chi connectivity index (χ1n) is 8.57. The first-order valence-corrected chi connectivity index (χ1v) is 9.89. The molecule has 3 saturated heterocycles. The Balaban J connectivity index is 1.51. The molecule has 5 atom stereocenters. The molecule has 1 aromatic rings. The van der Waals surface area contributed by atoms with Crippen molar-refractivity contribution in [3.8, 4) is 0 Å². The van der Waals surface area contributed by atoms with Gasteiger partial charge in [0.2, 0.25) is 0 Å². The third kappa shape index (κ3) is 2.78. The number of thioether (sulfide) groups is 1. The molecule has 0 aliphatic carbocycles. The molecule has 3 fully saturated rings. The van der Waals surface area contributed by atoms with Gasteiger partial charge in [-0.1, -0.05) is 41.6 Å². The van der Waals surface area contributed by atoms with Crippen molar-refractivity contribution in [1.82, 2.24) is 20.2 Å². The third-order valence-corrected chi connectivity index (χ3v) is 7.33. The van der Waals surface area contributed by atoms with E-state index < -0.39 is 0 Å². The molecule has 0 amide bonds. The molecule has 132 valence electrons. The zero-order valence-electron chi connectivity index (χ0n) is 14.4. The Hall–Kier alpha value is -0.340. The van der Waals surface area contributed by atoms with Crippen molar-refractivity contribution in [2.45, 2.75) is 48.9 Å². The fourth-order valence-corrected chi connectivity index (χ4v) is 5.95. The normalized spacial score (nSPS) is 41.2. The topological polar surface area (TPSA) is 47.8 Å². The number of rotatable bonds is 2. The van der Waals surface area contributed by atoms with Gasteiger partial charge < -0.3 is 5.73 Å². The number of benzene rings is 1. The Morgan fingerprint density at radius 3 is 2.75 bits per heavy atom. The van der Waals surface area contributed by atoms with Crippen LogP contribution in [-0.4, -0.2) is 57.5 Å². The maximum atomic E-state index is 6.46. The quantitative estimate of drug-likeness (QED) is 0.836. The third-order valence-electron chi connectivity index (χ3n) is 5.52. The minimum Gasteiger partial charge on any atom is -0.324 e. The molecule has 0 bridgehead atoms. The molecule has 3 heterocycles. The van der Waals surface area contributed by atoms with Gasteiger partial charge in [-0.15, -0.1) is 0 Å². The molecule has 0 aromatic heterocycles. The van der Waals surface area contributed by atoms with E-state index in [0.29, 0.717) is 23.1 Å². The monoisotopic (exact) mass is 367 g/mol. The molecule has 5 unspecified atom stereocenters. The SMILES string of the molecule is CC1C(c2ccccc2Cl)N(C)C2SC(N3CCC(C)(N)C3)NN12. The smallest absolute Gasteiger partial charge is 0.127 e. The van der Waals surface area contributed by atoms with E-state index in [9.17, 15) is 0 Å². The highest BCUT2D eigenvalue weighted by Crippen LogP contribution is 2.46. The van der Waals surface area contributed by atoms with E-state index in [2.05, 4.69) is 53.3 Å². The number of likely N-dealkylation sites (tertiary alicyclic amines) is 1. The summed E-state index contributed by atoms with van der Waals surface area (Å²) in [6.45, 7) is 6.43. The molecule has 0 saturated carbocycles. The number of hydrazine groups is 1. The van der Waals surface area contributed by atoms with E-state index in [0.717, 1.165) is 24.5 Å². The zero-order chi connectivity index (χ0) is 17.1. The molecule has 24 heavy (non-hydrogen) atoms. The van der Waals surface area contributed by atoms with Crippen molar-refractivity contribution < 1.29 is 0 Å². The van der Waals surface area contributed by atoms with Crippen LogP contribution in [0.15, 0.2) is 24.3 Å². The van der Waals surface area contributed by atoms with E-state index in [1.807, 2.05) is 23.9 Å². The number of hydrogen-bond donors (Lipinski definition) is 2. The van der Waals surface area contributed by atoms with Gasteiger partial charge in [-0.25, -0.2) is 10.4 Å². The van der Waals surface area contributed by atoms with Gasteiger partial charge in [-0.05, 0) is 38.9 Å². The van der Waals surface area contributed by atoms with Gasteiger partial charge in [0.25, 0.3) is 0 Å². The molecular formula is C17H26ClN5S. The highest BCUT2D eigenvalue weighted by molar-refractivity contribution is 8.00. The minimum absolute atomic E-state index is 0.0626. The van der Waals surface area contributed by atoms with Crippen LogP contribution in [0.1, 0.15) is 31.9 Å². The van der Waals surface area contributed by atoms with Crippen LogP contribution in [-0.2, 0) is 0 Å². The lowest BCUT2D eigenvalue weighted by atomic mass is 10.0. The van der Waals surface area contributed by atoms with Gasteiger partial charge in [-0.3, -0.25) is 9.80 Å². The van der Waals surface area contributed by atoms with Crippen LogP contribution in [0.4, 0.5) is 0 Å². The second-order valence-electron chi connectivity index (χ2n) is 7.60. The zero-order valence-corrected chi connectivity index (χ0v) is 16.0. The predicted octanol–water partition coefficient (Wildman–Crippen LogP) is 2.26. The van der Waals surface area contributed by atoms with E-state index in [4.69, 9.17) is 17.3 Å². The van der Waals surface area contributed by atoms with E-state index in [1.165, 1.54) is 5.56 Å². The minimum atomic E-state index is -0.0626. The van der Waals surface area contributed by atoms with Crippen molar-refractivity contribution in [3.63, 3.8) is 0 Å². The van der Waals surface area contributed by atoms with Gasteiger partial charge in [0, 0.05) is 29.7 Å². The van der Waals surface area contributed by atoms with Gasteiger partial charge in [0.1, 0.15) is 11.0 Å². The van der Waals surface area contributed by atoms with Crippen LogP contribution in [0.2, 0.25) is 5.02 Å². The highest BCUT2D eigenvalue weighted by Gasteiger charge is 2.51. The van der Waals surface area contributed by atoms with Gasteiger partial charge in [-0.2, -0.15) is 0 Å². The Morgan fingerprint density at radius 1 is 1.38 bits per heavy atom. The van der Waals surface area contributed by atoms with Gasteiger partial charge in [0.15, 0.2) is 0 Å². The number of nitrogens with one attached hydrogen (secondary N) is 1. The Kier molecular flexibility index (Phi) is 4.36. The summed E-state index contributed by atoms with van der Waals surface area (Å²) in [7, 11) is 2.20. The summed E-state index contributed by atoms with van der Waals surface area (Å²) in [5.41, 5.74) is 11.8. The van der Waals surface area contributed by atoms with Gasteiger partial charge >= 0.3 is 0 Å². The summed E-state index contributed by atoms with van der Waals surface area (Å²) in [4.78, 5) is 4.90. The first-order chi connectivity index (χ1) is 11.4. The molecule has 7 heteroatoms. The second-order valence-corrected chi connectivity index (χ2v) is 9.15. The molecule has 0 spiro atoms. The number of nitrogens with zero attached hydrogens (tertiary/aromatic N) is 3. The standard InChI is InChI=1S/C17H26ClN5S/c1-11-14(12-6-4-5-7-13(12)18)21(3)16-23(11)20-15(24-16)22-9-8-17(2,19)10-22/h4-7,11,14-16,20H,8-10,19H2,1-3H3. The van der Waals surface area contributed by atoms with Crippen LogP contribution in [0.25, 0.3) is 0 Å². The lowest BCUT2D eigenvalue weighted by Gasteiger charge is -2.30. The van der Waals surface area contributed by atoms with E-state index >= 15 is 0 Å².